The van der Waals surface area contributed by atoms with Gasteiger partial charge in [0, 0.05) is 37.0 Å². The molecule has 5 nitrogen and oxygen atoms in total. The molecule has 1 N–H and O–H groups in total. The van der Waals surface area contributed by atoms with Gasteiger partial charge in [0.25, 0.3) is 0 Å². The Morgan fingerprint density at radius 1 is 1.33 bits per heavy atom. The zero-order chi connectivity index (χ0) is 17.4. The minimum absolute atomic E-state index is 0.0127. The van der Waals surface area contributed by atoms with Crippen LogP contribution in [-0.2, 0) is 20.7 Å². The molecular weight excluding hydrogens is 371 g/mol. The first kappa shape index (κ1) is 19.1. The fraction of sp³-hybridized carbons (Fsp3) is 0.375. The summed E-state index contributed by atoms with van der Waals surface area (Å²) < 4.78 is 6.06. The minimum Gasteiger partial charge on any atom is -0.372 e. The van der Waals surface area contributed by atoms with Gasteiger partial charge in [-0.05, 0) is 17.7 Å². The Morgan fingerprint density at radius 3 is 2.79 bits per heavy atom. The molecule has 0 saturated carbocycles. The van der Waals surface area contributed by atoms with E-state index >= 15 is 0 Å². The van der Waals surface area contributed by atoms with Crippen LogP contribution in [0.4, 0.5) is 0 Å². The lowest BCUT2D eigenvalue weighted by Gasteiger charge is -2.24. The SMILES string of the molecule is Clc1ccc([C@@H]2OCCNC[C@H]2Cc2nccs2)cc1Cl.O=C=O. The highest BCUT2D eigenvalue weighted by atomic mass is 35.5. The molecule has 2 atom stereocenters. The molecule has 0 unspecified atom stereocenters. The Labute approximate surface area is 153 Å². The Morgan fingerprint density at radius 2 is 2.12 bits per heavy atom. The Balaban J connectivity index is 0.000000647. The van der Waals surface area contributed by atoms with Gasteiger partial charge in [-0.1, -0.05) is 29.3 Å². The van der Waals surface area contributed by atoms with Gasteiger partial charge in [0.15, 0.2) is 0 Å². The lowest BCUT2D eigenvalue weighted by atomic mass is 9.93. The zero-order valence-corrected chi connectivity index (χ0v) is 15.0. The Kier molecular flexibility index (Phi) is 7.85. The van der Waals surface area contributed by atoms with Crippen molar-refractivity contribution in [2.45, 2.75) is 12.5 Å². The number of halogens is 2. The average molecular weight is 387 g/mol. The third-order valence-corrected chi connectivity index (χ3v) is 5.14. The summed E-state index contributed by atoms with van der Waals surface area (Å²) in [5.41, 5.74) is 1.08. The van der Waals surface area contributed by atoms with Crippen molar-refractivity contribution in [3.8, 4) is 0 Å². The highest BCUT2D eigenvalue weighted by molar-refractivity contribution is 7.09. The maximum Gasteiger partial charge on any atom is 0.373 e. The molecule has 1 fully saturated rings. The van der Waals surface area contributed by atoms with E-state index in [4.69, 9.17) is 37.5 Å². The van der Waals surface area contributed by atoms with Gasteiger partial charge >= 0.3 is 6.15 Å². The van der Waals surface area contributed by atoms with Gasteiger partial charge < -0.3 is 10.1 Å². The molecule has 1 aliphatic heterocycles. The second-order valence-electron chi connectivity index (χ2n) is 5.14. The molecule has 8 heteroatoms. The molecule has 128 valence electrons. The second-order valence-corrected chi connectivity index (χ2v) is 6.94. The summed E-state index contributed by atoms with van der Waals surface area (Å²) in [5.74, 6) is 0.330. The highest BCUT2D eigenvalue weighted by Gasteiger charge is 2.27. The third kappa shape index (κ3) is 5.38. The molecule has 0 bridgehead atoms. The van der Waals surface area contributed by atoms with Crippen molar-refractivity contribution >= 4 is 40.7 Å². The number of ether oxygens (including phenoxy) is 1. The number of rotatable bonds is 3. The number of thiazole rings is 1. The van der Waals surface area contributed by atoms with Crippen molar-refractivity contribution in [3.63, 3.8) is 0 Å². The van der Waals surface area contributed by atoms with E-state index in [2.05, 4.69) is 10.3 Å². The average Bonchev–Trinajstić information content (AvgIpc) is 2.96. The topological polar surface area (TPSA) is 68.3 Å². The molecule has 1 aliphatic rings. The number of carbonyl (C=O) groups excluding carboxylic acids is 2. The van der Waals surface area contributed by atoms with Gasteiger partial charge in [-0.2, -0.15) is 9.59 Å². The monoisotopic (exact) mass is 386 g/mol. The number of hydrogen-bond acceptors (Lipinski definition) is 6. The quantitative estimate of drug-likeness (QED) is 0.875. The molecular formula is C16H16Cl2N2O3S. The van der Waals surface area contributed by atoms with Gasteiger partial charge in [0.05, 0.1) is 27.8 Å². The standard InChI is InChI=1S/C15H16Cl2N2OS.CO2/c16-12-2-1-10(7-13(12)17)15-11(9-18-3-5-20-15)8-14-19-4-6-21-14;2-1-3/h1-2,4,6-7,11,15,18H,3,5,8-9H2;/t11-,15+;/m1./s1. The smallest absolute Gasteiger partial charge is 0.372 e. The van der Waals surface area contributed by atoms with Crippen molar-refractivity contribution in [2.75, 3.05) is 19.7 Å². The minimum atomic E-state index is 0.0127. The summed E-state index contributed by atoms with van der Waals surface area (Å²) >= 11 is 13.8. The van der Waals surface area contributed by atoms with Crippen molar-refractivity contribution in [1.29, 1.82) is 0 Å². The molecule has 0 spiro atoms. The summed E-state index contributed by atoms with van der Waals surface area (Å²) in [5, 5.41) is 7.72. The normalized spacial score (nSPS) is 20.4. The number of nitrogens with zero attached hydrogens (tertiary/aromatic N) is 1. The van der Waals surface area contributed by atoms with E-state index in [9.17, 15) is 0 Å². The molecule has 3 rings (SSSR count). The van der Waals surface area contributed by atoms with Crippen LogP contribution in [0.5, 0.6) is 0 Å². The molecule has 0 aliphatic carbocycles. The number of hydrogen-bond donors (Lipinski definition) is 1. The number of aromatic nitrogens is 1. The van der Waals surface area contributed by atoms with Crippen LogP contribution in [0.1, 0.15) is 16.7 Å². The van der Waals surface area contributed by atoms with Gasteiger partial charge in [-0.3, -0.25) is 0 Å². The van der Waals surface area contributed by atoms with Crippen molar-refractivity contribution in [3.05, 3.63) is 50.4 Å². The maximum absolute atomic E-state index is 8.12. The van der Waals surface area contributed by atoms with Crippen LogP contribution >= 0.6 is 34.5 Å². The molecule has 0 radical (unpaired) electrons. The van der Waals surface area contributed by atoms with Crippen molar-refractivity contribution in [2.24, 2.45) is 5.92 Å². The lowest BCUT2D eigenvalue weighted by molar-refractivity contribution is -0.191. The van der Waals surface area contributed by atoms with Crippen LogP contribution in [0.2, 0.25) is 10.0 Å². The van der Waals surface area contributed by atoms with E-state index in [1.807, 2.05) is 29.8 Å². The summed E-state index contributed by atoms with van der Waals surface area (Å²) in [7, 11) is 0. The van der Waals surface area contributed by atoms with E-state index in [1.165, 1.54) is 0 Å². The molecule has 1 saturated heterocycles. The summed E-state index contributed by atoms with van der Waals surface area (Å²) in [6.07, 6.45) is 3.01. The van der Waals surface area contributed by atoms with Crippen LogP contribution in [0.25, 0.3) is 0 Å². The summed E-state index contributed by atoms with van der Waals surface area (Å²) in [4.78, 5) is 20.6. The van der Waals surface area contributed by atoms with Crippen LogP contribution in [0.3, 0.4) is 0 Å². The van der Waals surface area contributed by atoms with E-state index in [1.54, 1.807) is 11.3 Å². The first-order valence-electron chi connectivity index (χ1n) is 7.30. The van der Waals surface area contributed by atoms with E-state index in [-0.39, 0.29) is 12.3 Å². The van der Waals surface area contributed by atoms with E-state index < -0.39 is 0 Å². The van der Waals surface area contributed by atoms with Crippen molar-refractivity contribution in [1.82, 2.24) is 10.3 Å². The molecule has 1 aromatic carbocycles. The Hall–Kier alpha value is -1.27. The largest absolute Gasteiger partial charge is 0.373 e. The molecule has 24 heavy (non-hydrogen) atoms. The van der Waals surface area contributed by atoms with Gasteiger partial charge in [0.1, 0.15) is 0 Å². The van der Waals surface area contributed by atoms with Crippen LogP contribution in [0.15, 0.2) is 29.8 Å². The van der Waals surface area contributed by atoms with Crippen molar-refractivity contribution < 1.29 is 14.3 Å². The fourth-order valence-electron chi connectivity index (χ4n) is 2.60. The number of benzene rings is 1. The fourth-order valence-corrected chi connectivity index (χ4v) is 3.62. The first-order chi connectivity index (χ1) is 11.7. The van der Waals surface area contributed by atoms with Crippen LogP contribution in [0, 0.1) is 5.92 Å². The van der Waals surface area contributed by atoms with Gasteiger partial charge in [-0.25, -0.2) is 4.98 Å². The maximum atomic E-state index is 8.12. The highest BCUT2D eigenvalue weighted by Crippen LogP contribution is 2.33. The van der Waals surface area contributed by atoms with Gasteiger partial charge in [-0.15, -0.1) is 11.3 Å². The molecule has 0 amide bonds. The predicted molar refractivity (Wildman–Crippen MR) is 92.3 cm³/mol. The predicted octanol–water partition coefficient (Wildman–Crippen LogP) is 3.39. The summed E-state index contributed by atoms with van der Waals surface area (Å²) in [6.45, 7) is 2.47. The number of nitrogens with one attached hydrogen (secondary N) is 1. The second kappa shape index (κ2) is 9.89. The third-order valence-electron chi connectivity index (χ3n) is 3.60. The van der Waals surface area contributed by atoms with E-state index in [0.717, 1.165) is 30.1 Å². The Bertz CT molecular complexity index is 676. The summed E-state index contributed by atoms with van der Waals surface area (Å²) in [6, 6.07) is 5.75. The first-order valence-corrected chi connectivity index (χ1v) is 8.94. The molecule has 2 aromatic rings. The van der Waals surface area contributed by atoms with E-state index in [0.29, 0.717) is 22.6 Å². The lowest BCUT2D eigenvalue weighted by Crippen LogP contribution is -2.26. The van der Waals surface area contributed by atoms with Crippen LogP contribution in [-0.4, -0.2) is 30.8 Å². The van der Waals surface area contributed by atoms with Gasteiger partial charge in [0.2, 0.25) is 0 Å². The molecule has 2 heterocycles. The zero-order valence-electron chi connectivity index (χ0n) is 12.7. The molecule has 1 aromatic heterocycles. The van der Waals surface area contributed by atoms with Crippen LogP contribution < -0.4 is 5.32 Å².